The maximum absolute atomic E-state index is 13.3. The predicted molar refractivity (Wildman–Crippen MR) is 131 cm³/mol. The van der Waals surface area contributed by atoms with Gasteiger partial charge in [0.15, 0.2) is 0 Å². The Balaban J connectivity index is 1.59. The smallest absolute Gasteiger partial charge is 0.266 e. The fourth-order valence-corrected chi connectivity index (χ4v) is 8.31. The molecule has 1 saturated heterocycles. The topological polar surface area (TPSA) is 80.8 Å². The molecular weight excluding hydrogens is 458 g/mol. The first-order valence-electron chi connectivity index (χ1n) is 11.4. The first-order valence-corrected chi connectivity index (χ1v) is 14.2. The van der Waals surface area contributed by atoms with Crippen LogP contribution in [0, 0.1) is 47.5 Å². The molecule has 1 aliphatic heterocycles. The van der Waals surface area contributed by atoms with E-state index >= 15 is 0 Å². The van der Waals surface area contributed by atoms with Crippen LogP contribution >= 0.6 is 0 Å². The average molecular weight is 494 g/mol. The molecule has 0 radical (unpaired) electrons. The van der Waals surface area contributed by atoms with Crippen molar-refractivity contribution < 1.29 is 21.0 Å². The fourth-order valence-electron chi connectivity index (χ4n) is 5.09. The van der Waals surface area contributed by atoms with Crippen molar-refractivity contribution in [3.63, 3.8) is 0 Å². The number of nitrogens with zero attached hydrogens (tertiary/aromatic N) is 1. The summed E-state index contributed by atoms with van der Waals surface area (Å²) >= 11 is 0. The maximum Gasteiger partial charge on any atom is 0.297 e. The summed E-state index contributed by atoms with van der Waals surface area (Å²) in [6.45, 7) is 12.1. The van der Waals surface area contributed by atoms with Gasteiger partial charge in [0.25, 0.3) is 10.1 Å². The molecule has 0 spiro atoms. The van der Waals surface area contributed by atoms with Crippen LogP contribution in [-0.4, -0.2) is 40.8 Å². The zero-order valence-corrected chi connectivity index (χ0v) is 22.1. The van der Waals surface area contributed by atoms with Crippen LogP contribution in [0.15, 0.2) is 34.1 Å². The summed E-state index contributed by atoms with van der Waals surface area (Å²) in [5.74, 6) is 0.229. The molecule has 1 heterocycles. The van der Waals surface area contributed by atoms with Crippen LogP contribution in [-0.2, 0) is 24.3 Å². The highest BCUT2D eigenvalue weighted by atomic mass is 32.2. The van der Waals surface area contributed by atoms with E-state index in [1.807, 2.05) is 52.0 Å². The SMILES string of the molecule is Cc1cc(C)c(S(=O)(=O)OCCC2CCN(S(=O)(=O)c3c(C)cc(C)cc3C)CC2)c(C)c1. The van der Waals surface area contributed by atoms with Crippen molar-refractivity contribution in [3.05, 3.63) is 57.6 Å². The Bertz CT molecular complexity index is 1190. The fraction of sp³-hybridized carbons (Fsp3) is 0.520. The van der Waals surface area contributed by atoms with E-state index in [1.54, 1.807) is 18.2 Å². The van der Waals surface area contributed by atoms with Gasteiger partial charge in [-0.05, 0) is 89.0 Å². The molecule has 0 aromatic heterocycles. The summed E-state index contributed by atoms with van der Waals surface area (Å²) in [6, 6.07) is 7.50. The van der Waals surface area contributed by atoms with E-state index in [-0.39, 0.29) is 17.4 Å². The molecule has 0 bridgehead atoms. The highest BCUT2D eigenvalue weighted by Crippen LogP contribution is 2.30. The number of sulfonamides is 1. The Morgan fingerprint density at radius 3 is 1.64 bits per heavy atom. The highest BCUT2D eigenvalue weighted by Gasteiger charge is 2.32. The largest absolute Gasteiger partial charge is 0.297 e. The van der Waals surface area contributed by atoms with Crippen molar-refractivity contribution in [1.29, 1.82) is 0 Å². The Morgan fingerprint density at radius 1 is 0.758 bits per heavy atom. The molecular formula is C25H35NO5S2. The molecule has 0 saturated carbocycles. The van der Waals surface area contributed by atoms with Gasteiger partial charge in [0.1, 0.15) is 0 Å². The van der Waals surface area contributed by atoms with Crippen LogP contribution in [0.4, 0.5) is 0 Å². The Morgan fingerprint density at radius 2 is 1.18 bits per heavy atom. The number of piperidine rings is 1. The molecule has 8 heteroatoms. The van der Waals surface area contributed by atoms with E-state index < -0.39 is 20.1 Å². The summed E-state index contributed by atoms with van der Waals surface area (Å²) in [4.78, 5) is 0.655. The Kier molecular flexibility index (Phi) is 7.73. The van der Waals surface area contributed by atoms with E-state index in [9.17, 15) is 16.8 Å². The van der Waals surface area contributed by atoms with Crippen LogP contribution in [0.5, 0.6) is 0 Å². The zero-order chi connectivity index (χ0) is 24.6. The molecule has 0 aliphatic carbocycles. The quantitative estimate of drug-likeness (QED) is 0.521. The normalized spacial score (nSPS) is 16.3. The number of hydrogen-bond donors (Lipinski definition) is 0. The van der Waals surface area contributed by atoms with Crippen molar-refractivity contribution in [2.24, 2.45) is 5.92 Å². The van der Waals surface area contributed by atoms with E-state index in [0.717, 1.165) is 22.3 Å². The van der Waals surface area contributed by atoms with Gasteiger partial charge in [-0.2, -0.15) is 12.7 Å². The van der Waals surface area contributed by atoms with E-state index in [0.29, 0.717) is 48.4 Å². The van der Waals surface area contributed by atoms with Crippen LogP contribution in [0.3, 0.4) is 0 Å². The number of hydrogen-bond acceptors (Lipinski definition) is 5. The molecule has 6 nitrogen and oxygen atoms in total. The van der Waals surface area contributed by atoms with Gasteiger partial charge in [-0.25, -0.2) is 8.42 Å². The van der Waals surface area contributed by atoms with Gasteiger partial charge in [-0.1, -0.05) is 35.4 Å². The molecule has 3 rings (SSSR count). The van der Waals surface area contributed by atoms with Crippen molar-refractivity contribution in [2.45, 2.75) is 70.6 Å². The van der Waals surface area contributed by atoms with Gasteiger partial charge >= 0.3 is 0 Å². The minimum Gasteiger partial charge on any atom is -0.266 e. The third-order valence-corrected chi connectivity index (χ3v) is 10.2. The second kappa shape index (κ2) is 9.86. The lowest BCUT2D eigenvalue weighted by Gasteiger charge is -2.32. The first kappa shape index (κ1) is 25.9. The molecule has 0 atom stereocenters. The summed E-state index contributed by atoms with van der Waals surface area (Å²) in [5.41, 5.74) is 4.99. The maximum atomic E-state index is 13.3. The van der Waals surface area contributed by atoms with Crippen molar-refractivity contribution >= 4 is 20.1 Å². The monoisotopic (exact) mass is 493 g/mol. The van der Waals surface area contributed by atoms with Crippen LogP contribution in [0.2, 0.25) is 0 Å². The second-order valence-corrected chi connectivity index (χ2v) is 12.8. The van der Waals surface area contributed by atoms with Gasteiger partial charge < -0.3 is 0 Å². The van der Waals surface area contributed by atoms with Crippen LogP contribution in [0.1, 0.15) is 52.6 Å². The van der Waals surface area contributed by atoms with E-state index in [1.165, 1.54) is 0 Å². The number of aryl methyl sites for hydroxylation is 6. The third-order valence-electron chi connectivity index (χ3n) is 6.40. The molecule has 1 fully saturated rings. The van der Waals surface area contributed by atoms with Crippen molar-refractivity contribution in [1.82, 2.24) is 4.31 Å². The minimum absolute atomic E-state index is 0.0999. The molecule has 2 aromatic carbocycles. The minimum atomic E-state index is -3.83. The first-order chi connectivity index (χ1) is 15.3. The molecule has 0 unspecified atom stereocenters. The molecule has 1 aliphatic rings. The zero-order valence-electron chi connectivity index (χ0n) is 20.4. The van der Waals surface area contributed by atoms with E-state index in [2.05, 4.69) is 0 Å². The standard InChI is InChI=1S/C25H35NO5S2/c1-17-13-19(3)24(20(4)14-17)32(27,28)26-10-7-23(8-11-26)9-12-31-33(29,30)25-21(5)15-18(2)16-22(25)6/h13-16,23H,7-12H2,1-6H3. The lowest BCUT2D eigenvalue weighted by Crippen LogP contribution is -2.39. The third kappa shape index (κ3) is 5.67. The van der Waals surface area contributed by atoms with Crippen LogP contribution < -0.4 is 0 Å². The van der Waals surface area contributed by atoms with Gasteiger partial charge in [0.2, 0.25) is 10.0 Å². The molecule has 33 heavy (non-hydrogen) atoms. The Hall–Kier alpha value is -1.74. The summed E-state index contributed by atoms with van der Waals surface area (Å²) in [6.07, 6.45) is 1.96. The van der Waals surface area contributed by atoms with Gasteiger partial charge in [-0.15, -0.1) is 0 Å². The number of benzene rings is 2. The molecule has 2 aromatic rings. The summed E-state index contributed by atoms with van der Waals surface area (Å²) in [7, 11) is -7.38. The average Bonchev–Trinajstić information content (AvgIpc) is 2.66. The molecule has 0 amide bonds. The van der Waals surface area contributed by atoms with Crippen molar-refractivity contribution in [2.75, 3.05) is 19.7 Å². The molecule has 0 N–H and O–H groups in total. The summed E-state index contributed by atoms with van der Waals surface area (Å²) in [5, 5.41) is 0. The van der Waals surface area contributed by atoms with Crippen molar-refractivity contribution in [3.8, 4) is 0 Å². The van der Waals surface area contributed by atoms with Gasteiger partial charge in [-0.3, -0.25) is 4.18 Å². The van der Waals surface area contributed by atoms with Gasteiger partial charge in [0.05, 0.1) is 16.4 Å². The molecule has 182 valence electrons. The predicted octanol–water partition coefficient (Wildman–Crippen LogP) is 4.73. The summed E-state index contributed by atoms with van der Waals surface area (Å²) < 4.78 is 58.9. The lowest BCUT2D eigenvalue weighted by molar-refractivity contribution is 0.222. The Labute approximate surface area is 199 Å². The number of rotatable bonds is 7. The second-order valence-electron chi connectivity index (χ2n) is 9.37. The van der Waals surface area contributed by atoms with E-state index in [4.69, 9.17) is 4.18 Å². The van der Waals surface area contributed by atoms with Crippen LogP contribution in [0.25, 0.3) is 0 Å². The highest BCUT2D eigenvalue weighted by molar-refractivity contribution is 7.89. The lowest BCUT2D eigenvalue weighted by atomic mass is 9.95. The van der Waals surface area contributed by atoms with Gasteiger partial charge in [0, 0.05) is 13.1 Å².